The van der Waals surface area contributed by atoms with Gasteiger partial charge in [-0.25, -0.2) is 4.79 Å². The quantitative estimate of drug-likeness (QED) is 0.836. The summed E-state index contributed by atoms with van der Waals surface area (Å²) in [5, 5.41) is 9.02. The highest BCUT2D eigenvalue weighted by Gasteiger charge is 2.16. The van der Waals surface area contributed by atoms with Gasteiger partial charge in [0, 0.05) is 5.56 Å². The van der Waals surface area contributed by atoms with Crippen LogP contribution < -0.4 is 4.74 Å². The number of ether oxygens (including phenoxy) is 2. The van der Waals surface area contributed by atoms with Gasteiger partial charge in [-0.15, -0.1) is 0 Å². The summed E-state index contributed by atoms with van der Waals surface area (Å²) in [4.78, 5) is 11.7. The number of aliphatic hydroxyl groups is 1. The molecule has 0 bridgehead atoms. The molecule has 100 valence electrons. The molecule has 1 aromatic carbocycles. The van der Waals surface area contributed by atoms with E-state index in [-0.39, 0.29) is 19.0 Å². The fourth-order valence-corrected chi connectivity index (χ4v) is 1.58. The first kappa shape index (κ1) is 13.2. The summed E-state index contributed by atoms with van der Waals surface area (Å²) in [6.45, 7) is -0.127. The van der Waals surface area contributed by atoms with Crippen LogP contribution in [0.25, 0.3) is 0 Å². The molecule has 0 spiro atoms. The summed E-state index contributed by atoms with van der Waals surface area (Å²) in [6, 6.07) is 8.72. The Morgan fingerprint density at radius 1 is 1.26 bits per heavy atom. The molecule has 2 rings (SSSR count). The first-order valence-corrected chi connectivity index (χ1v) is 5.72. The van der Waals surface area contributed by atoms with E-state index in [1.165, 1.54) is 12.3 Å². The second kappa shape index (κ2) is 6.06. The summed E-state index contributed by atoms with van der Waals surface area (Å²) < 4.78 is 15.1. The van der Waals surface area contributed by atoms with E-state index in [4.69, 9.17) is 19.0 Å². The van der Waals surface area contributed by atoms with Gasteiger partial charge in [-0.1, -0.05) is 12.1 Å². The smallest absolute Gasteiger partial charge is 0.374 e. The molecule has 0 aliphatic rings. The van der Waals surface area contributed by atoms with Gasteiger partial charge >= 0.3 is 5.97 Å². The monoisotopic (exact) mass is 262 g/mol. The molecule has 0 atom stereocenters. The Balaban J connectivity index is 1.96. The average Bonchev–Trinajstić information content (AvgIpc) is 2.93. The van der Waals surface area contributed by atoms with E-state index < -0.39 is 5.97 Å². The van der Waals surface area contributed by atoms with Crippen LogP contribution in [0.15, 0.2) is 41.0 Å². The maximum atomic E-state index is 11.7. The van der Waals surface area contributed by atoms with Crippen LogP contribution in [0.3, 0.4) is 0 Å². The number of benzene rings is 1. The van der Waals surface area contributed by atoms with E-state index >= 15 is 0 Å². The lowest BCUT2D eigenvalue weighted by Gasteiger charge is -2.05. The summed E-state index contributed by atoms with van der Waals surface area (Å²) in [7, 11) is 1.59. The standard InChI is InChI=1S/C14H14O5/c1-17-12-4-2-10(3-5-12)9-19-14(16)13-11(8-15)6-7-18-13/h2-7,15H,8-9H2,1H3. The van der Waals surface area contributed by atoms with E-state index in [0.717, 1.165) is 11.3 Å². The SMILES string of the molecule is COc1ccc(COC(=O)c2occc2CO)cc1. The molecule has 5 nitrogen and oxygen atoms in total. The Morgan fingerprint density at radius 2 is 2.00 bits per heavy atom. The van der Waals surface area contributed by atoms with E-state index in [9.17, 15) is 4.79 Å². The normalized spacial score (nSPS) is 10.2. The van der Waals surface area contributed by atoms with Crippen molar-refractivity contribution in [3.63, 3.8) is 0 Å². The van der Waals surface area contributed by atoms with E-state index in [2.05, 4.69) is 0 Å². The summed E-state index contributed by atoms with van der Waals surface area (Å²) in [5.41, 5.74) is 1.26. The highest BCUT2D eigenvalue weighted by atomic mass is 16.5. The Hall–Kier alpha value is -2.27. The number of furan rings is 1. The third-order valence-electron chi connectivity index (χ3n) is 2.63. The molecule has 0 amide bonds. The van der Waals surface area contributed by atoms with E-state index in [1.54, 1.807) is 31.4 Å². The molecule has 0 unspecified atom stereocenters. The maximum absolute atomic E-state index is 11.7. The van der Waals surface area contributed by atoms with E-state index in [1.807, 2.05) is 0 Å². The lowest BCUT2D eigenvalue weighted by molar-refractivity contribution is 0.0431. The molecule has 0 radical (unpaired) electrons. The molecule has 19 heavy (non-hydrogen) atoms. The van der Waals surface area contributed by atoms with Crippen LogP contribution in [0, 0.1) is 0 Å². The highest BCUT2D eigenvalue weighted by molar-refractivity contribution is 5.87. The van der Waals surface area contributed by atoms with Gasteiger partial charge in [0.2, 0.25) is 5.76 Å². The zero-order chi connectivity index (χ0) is 13.7. The largest absolute Gasteiger partial charge is 0.497 e. The molecule has 0 saturated heterocycles. The molecule has 2 aromatic rings. The van der Waals surface area contributed by atoms with Gasteiger partial charge in [-0.05, 0) is 23.8 Å². The Morgan fingerprint density at radius 3 is 2.63 bits per heavy atom. The molecule has 1 aromatic heterocycles. The number of carbonyl (C=O) groups is 1. The van der Waals surface area contributed by atoms with E-state index in [0.29, 0.717) is 5.56 Å². The molecule has 0 aliphatic carbocycles. The number of hydrogen-bond donors (Lipinski definition) is 1. The van der Waals surface area contributed by atoms with Crippen LogP contribution in [0.1, 0.15) is 21.7 Å². The lowest BCUT2D eigenvalue weighted by atomic mass is 10.2. The van der Waals surface area contributed by atoms with Crippen molar-refractivity contribution in [3.05, 3.63) is 53.5 Å². The fraction of sp³-hybridized carbons (Fsp3) is 0.214. The summed E-state index contributed by atoms with van der Waals surface area (Å²) in [5.74, 6) is 0.185. The Bertz CT molecular complexity index is 541. The van der Waals surface area contributed by atoms with Crippen molar-refractivity contribution in [3.8, 4) is 5.75 Å². The molecule has 5 heteroatoms. The summed E-state index contributed by atoms with van der Waals surface area (Å²) >= 11 is 0. The maximum Gasteiger partial charge on any atom is 0.374 e. The van der Waals surface area contributed by atoms with Gasteiger partial charge < -0.3 is 19.0 Å². The molecule has 0 fully saturated rings. The predicted molar refractivity (Wildman–Crippen MR) is 66.7 cm³/mol. The van der Waals surface area contributed by atoms with Gasteiger partial charge in [0.25, 0.3) is 0 Å². The number of hydrogen-bond acceptors (Lipinski definition) is 5. The van der Waals surface area contributed by atoms with Crippen molar-refractivity contribution >= 4 is 5.97 Å². The predicted octanol–water partition coefficient (Wildman–Crippen LogP) is 2.14. The molecular formula is C14H14O5. The molecule has 1 N–H and O–H groups in total. The second-order valence-electron chi connectivity index (χ2n) is 3.86. The summed E-state index contributed by atoms with van der Waals surface area (Å²) in [6.07, 6.45) is 1.34. The molecule has 0 aliphatic heterocycles. The fourth-order valence-electron chi connectivity index (χ4n) is 1.58. The van der Waals surface area contributed by atoms with Crippen molar-refractivity contribution in [2.75, 3.05) is 7.11 Å². The Labute approximate surface area is 110 Å². The first-order chi connectivity index (χ1) is 9.24. The topological polar surface area (TPSA) is 68.9 Å². The number of methoxy groups -OCH3 is 1. The minimum atomic E-state index is -0.593. The number of carbonyl (C=O) groups excluding carboxylic acids is 1. The van der Waals surface area contributed by atoms with Crippen molar-refractivity contribution in [1.82, 2.24) is 0 Å². The van der Waals surface area contributed by atoms with Gasteiger partial charge in [-0.3, -0.25) is 0 Å². The number of rotatable bonds is 5. The van der Waals surface area contributed by atoms with Crippen molar-refractivity contribution in [2.24, 2.45) is 0 Å². The van der Waals surface area contributed by atoms with Gasteiger partial charge in [0.15, 0.2) is 0 Å². The van der Waals surface area contributed by atoms with Crippen LogP contribution in [-0.2, 0) is 18.0 Å². The minimum Gasteiger partial charge on any atom is -0.497 e. The zero-order valence-corrected chi connectivity index (χ0v) is 10.5. The lowest BCUT2D eigenvalue weighted by Crippen LogP contribution is -2.06. The van der Waals surface area contributed by atoms with Crippen LogP contribution in [0.2, 0.25) is 0 Å². The van der Waals surface area contributed by atoms with Crippen LogP contribution in [-0.4, -0.2) is 18.2 Å². The van der Waals surface area contributed by atoms with Crippen molar-refractivity contribution in [2.45, 2.75) is 13.2 Å². The first-order valence-electron chi connectivity index (χ1n) is 5.72. The van der Waals surface area contributed by atoms with Gasteiger partial charge in [0.05, 0.1) is 20.0 Å². The van der Waals surface area contributed by atoms with Crippen molar-refractivity contribution < 1.29 is 23.8 Å². The molecule has 1 heterocycles. The highest BCUT2D eigenvalue weighted by Crippen LogP contribution is 2.15. The zero-order valence-electron chi connectivity index (χ0n) is 10.5. The van der Waals surface area contributed by atoms with Crippen molar-refractivity contribution in [1.29, 1.82) is 0 Å². The molecule has 0 saturated carbocycles. The third-order valence-corrected chi connectivity index (χ3v) is 2.63. The Kier molecular flexibility index (Phi) is 4.20. The second-order valence-corrected chi connectivity index (χ2v) is 3.86. The van der Waals surface area contributed by atoms with Gasteiger partial charge in [-0.2, -0.15) is 0 Å². The third kappa shape index (κ3) is 3.14. The number of esters is 1. The van der Waals surface area contributed by atoms with Crippen LogP contribution >= 0.6 is 0 Å². The minimum absolute atomic E-state index is 0.0380. The van der Waals surface area contributed by atoms with Crippen LogP contribution in [0.4, 0.5) is 0 Å². The van der Waals surface area contributed by atoms with Gasteiger partial charge in [0.1, 0.15) is 12.4 Å². The number of aliphatic hydroxyl groups excluding tert-OH is 1. The molecular weight excluding hydrogens is 248 g/mol. The van der Waals surface area contributed by atoms with Crippen LogP contribution in [0.5, 0.6) is 5.75 Å². The average molecular weight is 262 g/mol.